The Hall–Kier alpha value is -3.46. The molecule has 0 atom stereocenters. The molecule has 0 N–H and O–H groups in total. The third-order valence-electron chi connectivity index (χ3n) is 5.96. The summed E-state index contributed by atoms with van der Waals surface area (Å²) in [6, 6.07) is 27.5. The minimum atomic E-state index is 0.375. The topological polar surface area (TPSA) is 35.0 Å². The largest absolute Gasteiger partial charge is 0.493 e. The van der Waals surface area contributed by atoms with Crippen LogP contribution in [0.25, 0.3) is 22.3 Å². The van der Waals surface area contributed by atoms with Gasteiger partial charge in [-0.05, 0) is 77.4 Å². The Kier molecular flexibility index (Phi) is 7.42. The first-order valence-corrected chi connectivity index (χ1v) is 12.2. The van der Waals surface area contributed by atoms with Crippen LogP contribution in [0.15, 0.2) is 78.9 Å². The number of hydrogen-bond acceptors (Lipinski definition) is 3. The predicted octanol–water partition coefficient (Wildman–Crippen LogP) is 7.99. The summed E-state index contributed by atoms with van der Waals surface area (Å²) in [6.45, 7) is 11.4. The molecule has 0 fully saturated rings. The third-order valence-corrected chi connectivity index (χ3v) is 5.96. The van der Waals surface area contributed by atoms with Crippen molar-refractivity contribution >= 4 is 0 Å². The molecule has 0 radical (unpaired) electrons. The summed E-state index contributed by atoms with van der Waals surface area (Å²) < 4.78 is 6.17. The lowest BCUT2D eigenvalue weighted by atomic mass is 10.0. The molecule has 0 aliphatic heterocycles. The minimum Gasteiger partial charge on any atom is -0.493 e. The van der Waals surface area contributed by atoms with E-state index in [4.69, 9.17) is 9.72 Å². The number of aryl methyl sites for hydroxylation is 1. The summed E-state index contributed by atoms with van der Waals surface area (Å²) >= 11 is 0. The molecule has 0 spiro atoms. The molecule has 0 aliphatic carbocycles. The van der Waals surface area contributed by atoms with Crippen LogP contribution < -0.4 is 4.74 Å². The maximum absolute atomic E-state index is 6.17. The summed E-state index contributed by atoms with van der Waals surface area (Å²) in [5, 5.41) is 0. The van der Waals surface area contributed by atoms with Gasteiger partial charge in [0.15, 0.2) is 0 Å². The fraction of sp³-hybridized carbons (Fsp3) is 0.290. The highest BCUT2D eigenvalue weighted by Gasteiger charge is 2.10. The molecule has 0 bridgehead atoms. The molecule has 4 rings (SSSR count). The molecule has 0 amide bonds. The highest BCUT2D eigenvalue weighted by Crippen LogP contribution is 2.28. The van der Waals surface area contributed by atoms with E-state index in [1.54, 1.807) is 0 Å². The first-order chi connectivity index (χ1) is 16.4. The lowest BCUT2D eigenvalue weighted by Gasteiger charge is -2.13. The van der Waals surface area contributed by atoms with Gasteiger partial charge in [0, 0.05) is 29.2 Å². The zero-order chi connectivity index (χ0) is 24.1. The standard InChI is InChI=1S/C31H34N2O/c1-21(2)30-19-26(16-23(5)32-30)25-12-9-13-29(18-25)34-15-14-28-17-27(20-31(33-28)22(3)4)24-10-7-6-8-11-24/h6-13,16-22H,14-15H2,1-5H3. The Morgan fingerprint density at radius 1 is 0.647 bits per heavy atom. The van der Waals surface area contributed by atoms with Gasteiger partial charge in [0.2, 0.25) is 0 Å². The first kappa shape index (κ1) is 23.7. The number of rotatable bonds is 8. The van der Waals surface area contributed by atoms with E-state index in [-0.39, 0.29) is 0 Å². The van der Waals surface area contributed by atoms with E-state index in [2.05, 4.69) is 106 Å². The van der Waals surface area contributed by atoms with E-state index in [0.717, 1.165) is 40.5 Å². The van der Waals surface area contributed by atoms with Crippen LogP contribution in [0.3, 0.4) is 0 Å². The number of pyridine rings is 2. The fourth-order valence-electron chi connectivity index (χ4n) is 4.03. The smallest absolute Gasteiger partial charge is 0.119 e. The zero-order valence-corrected chi connectivity index (χ0v) is 20.9. The summed E-state index contributed by atoms with van der Waals surface area (Å²) in [7, 11) is 0. The van der Waals surface area contributed by atoms with Crippen molar-refractivity contribution in [2.75, 3.05) is 6.61 Å². The van der Waals surface area contributed by atoms with Crippen LogP contribution in [0, 0.1) is 6.92 Å². The molecule has 0 saturated heterocycles. The Morgan fingerprint density at radius 3 is 2.00 bits per heavy atom. The van der Waals surface area contributed by atoms with Gasteiger partial charge in [-0.15, -0.1) is 0 Å². The Balaban J connectivity index is 1.50. The quantitative estimate of drug-likeness (QED) is 0.273. The summed E-state index contributed by atoms with van der Waals surface area (Å²) in [6.07, 6.45) is 0.760. The Morgan fingerprint density at radius 2 is 1.29 bits per heavy atom. The molecule has 34 heavy (non-hydrogen) atoms. The molecule has 0 unspecified atom stereocenters. The van der Waals surface area contributed by atoms with Gasteiger partial charge in [-0.3, -0.25) is 9.97 Å². The van der Waals surface area contributed by atoms with Crippen molar-refractivity contribution in [3.05, 3.63) is 102 Å². The number of hydrogen-bond donors (Lipinski definition) is 0. The highest BCUT2D eigenvalue weighted by molar-refractivity contribution is 5.66. The monoisotopic (exact) mass is 450 g/mol. The zero-order valence-electron chi connectivity index (χ0n) is 20.9. The van der Waals surface area contributed by atoms with Gasteiger partial charge in [0.25, 0.3) is 0 Å². The molecule has 3 heteroatoms. The third kappa shape index (κ3) is 5.91. The van der Waals surface area contributed by atoms with Crippen molar-refractivity contribution < 1.29 is 4.74 Å². The van der Waals surface area contributed by atoms with E-state index in [1.165, 1.54) is 16.7 Å². The van der Waals surface area contributed by atoms with Gasteiger partial charge >= 0.3 is 0 Å². The van der Waals surface area contributed by atoms with E-state index < -0.39 is 0 Å². The predicted molar refractivity (Wildman–Crippen MR) is 141 cm³/mol. The van der Waals surface area contributed by atoms with Gasteiger partial charge in [-0.25, -0.2) is 0 Å². The second kappa shape index (κ2) is 10.6. The summed E-state index contributed by atoms with van der Waals surface area (Å²) in [5.74, 6) is 1.65. The summed E-state index contributed by atoms with van der Waals surface area (Å²) in [4.78, 5) is 9.58. The average Bonchev–Trinajstić information content (AvgIpc) is 2.84. The van der Waals surface area contributed by atoms with Gasteiger partial charge in [0.05, 0.1) is 6.61 Å². The molecular formula is C31H34N2O. The molecule has 2 aromatic heterocycles. The number of nitrogens with zero attached hydrogens (tertiary/aromatic N) is 2. The van der Waals surface area contributed by atoms with Crippen LogP contribution in [-0.4, -0.2) is 16.6 Å². The van der Waals surface area contributed by atoms with Crippen molar-refractivity contribution in [3.8, 4) is 28.0 Å². The van der Waals surface area contributed by atoms with E-state index in [1.807, 2.05) is 12.1 Å². The molecule has 174 valence electrons. The lowest BCUT2D eigenvalue weighted by Crippen LogP contribution is -2.05. The van der Waals surface area contributed by atoms with Gasteiger partial charge in [-0.2, -0.15) is 0 Å². The molecule has 2 heterocycles. The van der Waals surface area contributed by atoms with Crippen molar-refractivity contribution in [2.24, 2.45) is 0 Å². The van der Waals surface area contributed by atoms with Gasteiger partial charge in [-0.1, -0.05) is 70.2 Å². The average molecular weight is 451 g/mol. The molecule has 3 nitrogen and oxygen atoms in total. The fourth-order valence-corrected chi connectivity index (χ4v) is 4.03. The minimum absolute atomic E-state index is 0.375. The van der Waals surface area contributed by atoms with Crippen molar-refractivity contribution in [3.63, 3.8) is 0 Å². The normalized spacial score (nSPS) is 11.3. The lowest BCUT2D eigenvalue weighted by molar-refractivity contribution is 0.320. The van der Waals surface area contributed by atoms with Crippen LogP contribution in [0.2, 0.25) is 0 Å². The van der Waals surface area contributed by atoms with E-state index >= 15 is 0 Å². The number of benzene rings is 2. The molecule has 0 saturated carbocycles. The van der Waals surface area contributed by atoms with Crippen molar-refractivity contribution in [1.82, 2.24) is 9.97 Å². The molecule has 2 aromatic carbocycles. The van der Waals surface area contributed by atoms with Gasteiger partial charge in [0.1, 0.15) is 5.75 Å². The van der Waals surface area contributed by atoms with Crippen LogP contribution in [0.5, 0.6) is 5.75 Å². The molecular weight excluding hydrogens is 416 g/mol. The maximum atomic E-state index is 6.17. The van der Waals surface area contributed by atoms with Crippen molar-refractivity contribution in [2.45, 2.75) is 52.9 Å². The van der Waals surface area contributed by atoms with Crippen LogP contribution in [-0.2, 0) is 6.42 Å². The van der Waals surface area contributed by atoms with Crippen LogP contribution in [0.1, 0.15) is 62.3 Å². The maximum Gasteiger partial charge on any atom is 0.119 e. The van der Waals surface area contributed by atoms with E-state index in [0.29, 0.717) is 18.4 Å². The van der Waals surface area contributed by atoms with Crippen LogP contribution >= 0.6 is 0 Å². The number of ether oxygens (including phenoxy) is 1. The first-order valence-electron chi connectivity index (χ1n) is 12.2. The Labute approximate surface area is 203 Å². The second-order valence-electron chi connectivity index (χ2n) is 9.50. The van der Waals surface area contributed by atoms with E-state index in [9.17, 15) is 0 Å². The second-order valence-corrected chi connectivity index (χ2v) is 9.50. The SMILES string of the molecule is Cc1cc(-c2cccc(OCCc3cc(-c4ccccc4)cc(C(C)C)n3)c2)cc(C(C)C)n1. The van der Waals surface area contributed by atoms with Gasteiger partial charge < -0.3 is 4.74 Å². The molecule has 4 aromatic rings. The Bertz CT molecular complexity index is 1250. The number of aromatic nitrogens is 2. The van der Waals surface area contributed by atoms with Crippen molar-refractivity contribution in [1.29, 1.82) is 0 Å². The molecule has 0 aliphatic rings. The van der Waals surface area contributed by atoms with Crippen LogP contribution in [0.4, 0.5) is 0 Å². The highest BCUT2D eigenvalue weighted by atomic mass is 16.5. The summed E-state index contributed by atoms with van der Waals surface area (Å²) in [5.41, 5.74) is 9.10.